The van der Waals surface area contributed by atoms with E-state index in [9.17, 15) is 14.7 Å². The molecule has 7 nitrogen and oxygen atoms in total. The molecule has 1 aliphatic carbocycles. The number of carbonyl (C=O) groups is 1. The summed E-state index contributed by atoms with van der Waals surface area (Å²) < 4.78 is 13.8. The number of ether oxygens (including phenoxy) is 1. The molecule has 2 aromatic heterocycles. The number of hydrogen-bond donors (Lipinski definition) is 1. The Morgan fingerprint density at radius 2 is 1.86 bits per heavy atom. The fraction of sp³-hybridized carbons (Fsp3) is 0.147. The number of furan rings is 1. The van der Waals surface area contributed by atoms with Crippen LogP contribution >= 0.6 is 11.3 Å². The summed E-state index contributed by atoms with van der Waals surface area (Å²) in [6.45, 7) is 1.90. The number of fused-ring (bicyclic) bond motifs is 3. The average Bonchev–Trinajstić information content (AvgIpc) is 3.60. The van der Waals surface area contributed by atoms with Gasteiger partial charge in [0.2, 0.25) is 0 Å². The number of aromatic nitrogens is 1. The zero-order valence-corrected chi connectivity index (χ0v) is 23.8. The SMILES string of the molecule is COc1ccc([C@@H]2C3=C(N=c4sc(=Cc5ccc(-c6cc(C(=O)O)ccc6C)o5)c(=O)n42)c2ccccc2CC3)cc1. The number of nitrogens with zero attached hydrogens (tertiary/aromatic N) is 2. The molecule has 1 aliphatic heterocycles. The molecule has 0 saturated heterocycles. The second-order valence-electron chi connectivity index (χ2n) is 10.4. The maximum absolute atomic E-state index is 14.0. The van der Waals surface area contributed by atoms with Crippen LogP contribution in [0.3, 0.4) is 0 Å². The number of aryl methyl sites for hydroxylation is 2. The molecular weight excluding hydrogens is 548 g/mol. The number of methoxy groups -OCH3 is 1. The van der Waals surface area contributed by atoms with E-state index in [2.05, 4.69) is 18.2 Å². The van der Waals surface area contributed by atoms with Gasteiger partial charge in [-0.25, -0.2) is 9.79 Å². The normalized spacial score (nSPS) is 16.0. The highest BCUT2D eigenvalue weighted by molar-refractivity contribution is 7.07. The Labute approximate surface area is 245 Å². The van der Waals surface area contributed by atoms with E-state index < -0.39 is 5.97 Å². The first-order valence-corrected chi connectivity index (χ1v) is 14.4. The third-order valence-electron chi connectivity index (χ3n) is 7.95. The molecule has 5 aromatic rings. The zero-order valence-electron chi connectivity index (χ0n) is 23.0. The van der Waals surface area contributed by atoms with Gasteiger partial charge in [0.25, 0.3) is 5.56 Å². The van der Waals surface area contributed by atoms with Crippen molar-refractivity contribution in [2.45, 2.75) is 25.8 Å². The molecule has 2 aliphatic rings. The number of aromatic carboxylic acids is 1. The molecule has 0 spiro atoms. The van der Waals surface area contributed by atoms with Gasteiger partial charge in [-0.15, -0.1) is 0 Å². The van der Waals surface area contributed by atoms with Gasteiger partial charge in [-0.3, -0.25) is 9.36 Å². The van der Waals surface area contributed by atoms with Crippen LogP contribution in [0.15, 0.2) is 98.6 Å². The van der Waals surface area contributed by atoms with Crippen LogP contribution in [0.5, 0.6) is 5.75 Å². The van der Waals surface area contributed by atoms with Gasteiger partial charge in [0.05, 0.1) is 28.9 Å². The van der Waals surface area contributed by atoms with E-state index in [0.29, 0.717) is 26.4 Å². The lowest BCUT2D eigenvalue weighted by molar-refractivity contribution is 0.0697. The number of hydrogen-bond acceptors (Lipinski definition) is 6. The van der Waals surface area contributed by atoms with Crippen LogP contribution in [0.25, 0.3) is 23.1 Å². The summed E-state index contributed by atoms with van der Waals surface area (Å²) in [6.07, 6.45) is 3.44. The Bertz CT molecular complexity index is 2100. The molecule has 7 rings (SSSR count). The lowest BCUT2D eigenvalue weighted by Crippen LogP contribution is -2.38. The van der Waals surface area contributed by atoms with Gasteiger partial charge in [0, 0.05) is 17.2 Å². The van der Waals surface area contributed by atoms with E-state index in [4.69, 9.17) is 14.1 Å². The molecule has 0 fully saturated rings. The standard InChI is InChI=1S/C34H26N2O5S/c1-19-7-8-22(33(38)39)17-27(19)28-16-14-24(41-28)18-29-32(37)36-31(21-9-12-23(40-2)13-10-21)26-15-11-20-5-3-4-6-25(20)30(26)35-34(36)42-29/h3-10,12-14,16-18,31H,11,15H2,1-2H3,(H,38,39)/t31-/m1/s1. The third-order valence-corrected chi connectivity index (χ3v) is 8.94. The monoisotopic (exact) mass is 574 g/mol. The van der Waals surface area contributed by atoms with Crippen molar-refractivity contribution in [3.63, 3.8) is 0 Å². The molecule has 0 saturated carbocycles. The number of benzene rings is 3. The molecule has 0 unspecified atom stereocenters. The Morgan fingerprint density at radius 3 is 2.64 bits per heavy atom. The van der Waals surface area contributed by atoms with E-state index in [1.54, 1.807) is 48.1 Å². The Balaban J connectivity index is 1.37. The Hall–Kier alpha value is -4.95. The van der Waals surface area contributed by atoms with Gasteiger partial charge < -0.3 is 14.3 Å². The van der Waals surface area contributed by atoms with Gasteiger partial charge in [-0.05, 0) is 78.4 Å². The van der Waals surface area contributed by atoms with Crippen LogP contribution in [0.4, 0.5) is 0 Å². The zero-order chi connectivity index (χ0) is 29.0. The minimum atomic E-state index is -0.999. The van der Waals surface area contributed by atoms with E-state index >= 15 is 0 Å². The molecule has 0 bridgehead atoms. The van der Waals surface area contributed by atoms with E-state index in [1.165, 1.54) is 16.9 Å². The highest BCUT2D eigenvalue weighted by atomic mass is 32.1. The quantitative estimate of drug-likeness (QED) is 0.295. The van der Waals surface area contributed by atoms with Crippen LogP contribution < -0.4 is 19.6 Å². The van der Waals surface area contributed by atoms with Crippen molar-refractivity contribution >= 4 is 29.1 Å². The van der Waals surface area contributed by atoms with Crippen molar-refractivity contribution in [3.05, 3.63) is 138 Å². The Kier molecular flexibility index (Phi) is 6.28. The molecule has 42 heavy (non-hydrogen) atoms. The van der Waals surface area contributed by atoms with Crippen molar-refractivity contribution in [1.82, 2.24) is 4.57 Å². The van der Waals surface area contributed by atoms with Crippen LogP contribution in [-0.4, -0.2) is 22.8 Å². The molecule has 8 heteroatoms. The molecule has 1 atom stereocenters. The Morgan fingerprint density at radius 1 is 1.05 bits per heavy atom. The highest BCUT2D eigenvalue weighted by Crippen LogP contribution is 2.41. The van der Waals surface area contributed by atoms with Crippen molar-refractivity contribution in [1.29, 1.82) is 0 Å². The molecule has 3 heterocycles. The molecule has 208 valence electrons. The number of allylic oxidation sites excluding steroid dienone is 1. The van der Waals surface area contributed by atoms with E-state index in [0.717, 1.165) is 46.6 Å². The van der Waals surface area contributed by atoms with Crippen molar-refractivity contribution in [2.75, 3.05) is 7.11 Å². The summed E-state index contributed by atoms with van der Waals surface area (Å²) >= 11 is 1.34. The van der Waals surface area contributed by atoms with Gasteiger partial charge in [0.1, 0.15) is 17.3 Å². The molecule has 3 aromatic carbocycles. The summed E-state index contributed by atoms with van der Waals surface area (Å²) in [5.74, 6) is 0.802. The minimum absolute atomic E-state index is 0.132. The first kappa shape index (κ1) is 26.0. The first-order chi connectivity index (χ1) is 20.4. The van der Waals surface area contributed by atoms with E-state index in [-0.39, 0.29) is 17.2 Å². The van der Waals surface area contributed by atoms with Gasteiger partial charge in [-0.2, -0.15) is 0 Å². The fourth-order valence-electron chi connectivity index (χ4n) is 5.83. The van der Waals surface area contributed by atoms with Crippen LogP contribution in [0.1, 0.15) is 50.8 Å². The summed E-state index contributed by atoms with van der Waals surface area (Å²) in [7, 11) is 1.64. The van der Waals surface area contributed by atoms with E-state index in [1.807, 2.05) is 37.3 Å². The van der Waals surface area contributed by atoms with Gasteiger partial charge in [0.15, 0.2) is 4.80 Å². The topological polar surface area (TPSA) is 94.0 Å². The number of carboxylic acids is 1. The predicted molar refractivity (Wildman–Crippen MR) is 162 cm³/mol. The van der Waals surface area contributed by atoms with Crippen LogP contribution in [0.2, 0.25) is 0 Å². The third kappa shape index (κ3) is 4.31. The second kappa shape index (κ2) is 10.2. The molecular formula is C34H26N2O5S. The maximum Gasteiger partial charge on any atom is 0.335 e. The lowest BCUT2D eigenvalue weighted by atomic mass is 9.83. The van der Waals surface area contributed by atoms with Crippen molar-refractivity contribution in [3.8, 4) is 17.1 Å². The first-order valence-electron chi connectivity index (χ1n) is 13.6. The summed E-state index contributed by atoms with van der Waals surface area (Å²) in [6, 6.07) is 24.5. The molecule has 1 N–H and O–H groups in total. The highest BCUT2D eigenvalue weighted by Gasteiger charge is 2.32. The van der Waals surface area contributed by atoms with Crippen LogP contribution in [0, 0.1) is 6.92 Å². The minimum Gasteiger partial charge on any atom is -0.497 e. The number of carboxylic acid groups (broad SMARTS) is 1. The van der Waals surface area contributed by atoms with Crippen LogP contribution in [-0.2, 0) is 6.42 Å². The summed E-state index contributed by atoms with van der Waals surface area (Å²) in [5.41, 5.74) is 7.10. The number of rotatable bonds is 5. The summed E-state index contributed by atoms with van der Waals surface area (Å²) in [5, 5.41) is 9.43. The number of thiazole rings is 1. The smallest absolute Gasteiger partial charge is 0.335 e. The summed E-state index contributed by atoms with van der Waals surface area (Å²) in [4.78, 5) is 31.2. The predicted octanol–water partition coefficient (Wildman–Crippen LogP) is 5.59. The largest absolute Gasteiger partial charge is 0.497 e. The maximum atomic E-state index is 14.0. The molecule has 0 radical (unpaired) electrons. The van der Waals surface area contributed by atoms with Gasteiger partial charge >= 0.3 is 5.97 Å². The molecule has 0 amide bonds. The lowest BCUT2D eigenvalue weighted by Gasteiger charge is -2.30. The van der Waals surface area contributed by atoms with Crippen molar-refractivity contribution in [2.24, 2.45) is 4.99 Å². The average molecular weight is 575 g/mol. The van der Waals surface area contributed by atoms with Crippen molar-refractivity contribution < 1.29 is 19.1 Å². The fourth-order valence-corrected chi connectivity index (χ4v) is 6.81. The second-order valence-corrected chi connectivity index (χ2v) is 11.4. The van der Waals surface area contributed by atoms with Gasteiger partial charge in [-0.1, -0.05) is 53.8 Å².